The molecule has 0 aliphatic rings. The minimum atomic E-state index is -0.518. The fourth-order valence-electron chi connectivity index (χ4n) is 1.97. The van der Waals surface area contributed by atoms with Crippen LogP contribution < -0.4 is 5.73 Å². The Hall–Kier alpha value is -0.710. The van der Waals surface area contributed by atoms with Crippen LogP contribution in [0.3, 0.4) is 0 Å². The van der Waals surface area contributed by atoms with Crippen molar-refractivity contribution in [3.8, 4) is 0 Å². The molecule has 0 amide bonds. The molecule has 0 radical (unpaired) electrons. The van der Waals surface area contributed by atoms with E-state index in [9.17, 15) is 4.39 Å². The van der Waals surface area contributed by atoms with Gasteiger partial charge in [-0.3, -0.25) is 0 Å². The highest BCUT2D eigenvalue weighted by Gasteiger charge is 2.27. The summed E-state index contributed by atoms with van der Waals surface area (Å²) in [5.74, 6) is -0.235. The normalized spacial score (nSPS) is 14.4. The van der Waals surface area contributed by atoms with Crippen LogP contribution in [0.25, 0.3) is 0 Å². The van der Waals surface area contributed by atoms with E-state index in [4.69, 9.17) is 5.73 Å². The largest absolute Gasteiger partial charge is 0.321 e. The second-order valence-corrected chi connectivity index (χ2v) is 6.24. The first kappa shape index (κ1) is 13.7. The summed E-state index contributed by atoms with van der Waals surface area (Å²) in [6, 6.07) is 8.60. The summed E-state index contributed by atoms with van der Waals surface area (Å²) in [4.78, 5) is 1.20. The third-order valence-corrected chi connectivity index (χ3v) is 5.12. The third kappa shape index (κ3) is 2.82. The van der Waals surface area contributed by atoms with Gasteiger partial charge in [0.15, 0.2) is 0 Å². The molecule has 0 bridgehead atoms. The zero-order valence-corrected chi connectivity index (χ0v) is 12.5. The van der Waals surface area contributed by atoms with Gasteiger partial charge < -0.3 is 5.73 Å². The number of hydrogen-bond donors (Lipinski definition) is 1. The van der Waals surface area contributed by atoms with Crippen LogP contribution in [0.1, 0.15) is 23.8 Å². The fraction of sp³-hybridized carbons (Fsp3) is 0.286. The predicted octanol–water partition coefficient (Wildman–Crippen LogP) is 4.46. The van der Waals surface area contributed by atoms with E-state index in [2.05, 4.69) is 15.9 Å². The number of thiophene rings is 1. The average molecular weight is 328 g/mol. The monoisotopic (exact) mass is 327 g/mol. The Morgan fingerprint density at radius 2 is 2.17 bits per heavy atom. The Balaban J connectivity index is 2.33. The van der Waals surface area contributed by atoms with Crippen molar-refractivity contribution in [1.29, 1.82) is 0 Å². The molecule has 1 nitrogen and oxygen atoms in total. The first-order valence-electron chi connectivity index (χ1n) is 5.82. The van der Waals surface area contributed by atoms with Gasteiger partial charge in [0.1, 0.15) is 5.82 Å². The molecule has 2 N–H and O–H groups in total. The van der Waals surface area contributed by atoms with Crippen molar-refractivity contribution in [2.45, 2.75) is 25.3 Å². The van der Waals surface area contributed by atoms with E-state index in [1.54, 1.807) is 17.4 Å². The van der Waals surface area contributed by atoms with E-state index in [0.717, 1.165) is 16.5 Å². The Morgan fingerprint density at radius 3 is 2.72 bits per heavy atom. The molecule has 0 saturated heterocycles. The van der Waals surface area contributed by atoms with E-state index in [0.29, 0.717) is 6.42 Å². The summed E-state index contributed by atoms with van der Waals surface area (Å²) >= 11 is 5.19. The van der Waals surface area contributed by atoms with Crippen LogP contribution in [0.15, 0.2) is 40.2 Å². The summed E-state index contributed by atoms with van der Waals surface area (Å²) in [6.07, 6.45) is 1.48. The highest BCUT2D eigenvalue weighted by Crippen LogP contribution is 2.32. The van der Waals surface area contributed by atoms with Gasteiger partial charge in [0, 0.05) is 21.3 Å². The number of benzene rings is 1. The molecule has 1 aromatic heterocycles. The lowest BCUT2D eigenvalue weighted by Gasteiger charge is -2.28. The van der Waals surface area contributed by atoms with Crippen molar-refractivity contribution in [3.63, 3.8) is 0 Å². The summed E-state index contributed by atoms with van der Waals surface area (Å²) in [7, 11) is 0. The molecule has 0 fully saturated rings. The molecular weight excluding hydrogens is 313 g/mol. The van der Waals surface area contributed by atoms with E-state index >= 15 is 0 Å². The number of hydrogen-bond acceptors (Lipinski definition) is 2. The van der Waals surface area contributed by atoms with Gasteiger partial charge in [-0.2, -0.15) is 0 Å². The summed E-state index contributed by atoms with van der Waals surface area (Å²) in [5, 5.41) is 2.03. The third-order valence-electron chi connectivity index (χ3n) is 3.20. The van der Waals surface area contributed by atoms with Crippen molar-refractivity contribution in [1.82, 2.24) is 0 Å². The van der Waals surface area contributed by atoms with Crippen LogP contribution in [0.2, 0.25) is 0 Å². The lowest BCUT2D eigenvalue weighted by Crippen LogP contribution is -2.38. The molecule has 0 aliphatic heterocycles. The lowest BCUT2D eigenvalue weighted by molar-refractivity contribution is 0.424. The van der Waals surface area contributed by atoms with Gasteiger partial charge in [-0.15, -0.1) is 11.3 Å². The topological polar surface area (TPSA) is 26.0 Å². The van der Waals surface area contributed by atoms with Crippen LogP contribution in [0.4, 0.5) is 4.39 Å². The molecule has 4 heteroatoms. The Kier molecular flexibility index (Phi) is 4.20. The molecule has 2 rings (SSSR count). The quantitative estimate of drug-likeness (QED) is 0.881. The first-order valence-corrected chi connectivity index (χ1v) is 7.49. The van der Waals surface area contributed by atoms with E-state index < -0.39 is 5.54 Å². The van der Waals surface area contributed by atoms with E-state index in [1.807, 2.05) is 24.4 Å². The van der Waals surface area contributed by atoms with Crippen molar-refractivity contribution >= 4 is 27.3 Å². The van der Waals surface area contributed by atoms with Crippen LogP contribution in [-0.2, 0) is 12.0 Å². The summed E-state index contributed by atoms with van der Waals surface area (Å²) < 4.78 is 14.4. The SMILES string of the molecule is CCC(N)(Cc1sccc1Br)c1cccc(F)c1. The van der Waals surface area contributed by atoms with Gasteiger partial charge >= 0.3 is 0 Å². The molecule has 96 valence electrons. The Labute approximate surface area is 119 Å². The van der Waals surface area contributed by atoms with Gasteiger partial charge in [-0.05, 0) is 51.5 Å². The standard InChI is InChI=1S/C14H15BrFNS/c1-2-14(17,9-13-12(15)6-7-18-13)10-4-3-5-11(16)8-10/h3-8H,2,9,17H2,1H3. The van der Waals surface area contributed by atoms with E-state index in [1.165, 1.54) is 17.0 Å². The molecule has 2 aromatic rings. The Morgan fingerprint density at radius 1 is 1.39 bits per heavy atom. The Bertz CT molecular complexity index is 540. The molecule has 0 spiro atoms. The number of rotatable bonds is 4. The zero-order valence-electron chi connectivity index (χ0n) is 10.1. The molecule has 0 saturated carbocycles. The molecule has 1 atom stereocenters. The summed E-state index contributed by atoms with van der Waals surface area (Å²) in [5.41, 5.74) is 6.80. The van der Waals surface area contributed by atoms with Crippen LogP contribution in [0.5, 0.6) is 0 Å². The smallest absolute Gasteiger partial charge is 0.123 e. The van der Waals surface area contributed by atoms with Crippen LogP contribution in [0, 0.1) is 5.82 Å². The number of halogens is 2. The predicted molar refractivity (Wildman–Crippen MR) is 78.3 cm³/mol. The van der Waals surface area contributed by atoms with E-state index in [-0.39, 0.29) is 5.82 Å². The van der Waals surface area contributed by atoms with Gasteiger partial charge in [0.2, 0.25) is 0 Å². The van der Waals surface area contributed by atoms with Crippen LogP contribution >= 0.6 is 27.3 Å². The van der Waals surface area contributed by atoms with Gasteiger partial charge in [0.25, 0.3) is 0 Å². The molecule has 1 unspecified atom stereocenters. The minimum Gasteiger partial charge on any atom is -0.321 e. The first-order chi connectivity index (χ1) is 8.55. The maximum absolute atomic E-state index is 13.3. The lowest BCUT2D eigenvalue weighted by atomic mass is 9.84. The van der Waals surface area contributed by atoms with Crippen molar-refractivity contribution in [2.24, 2.45) is 5.73 Å². The highest BCUT2D eigenvalue weighted by molar-refractivity contribution is 9.10. The maximum atomic E-state index is 13.3. The molecule has 1 heterocycles. The highest BCUT2D eigenvalue weighted by atomic mass is 79.9. The van der Waals surface area contributed by atoms with Gasteiger partial charge in [-0.25, -0.2) is 4.39 Å². The van der Waals surface area contributed by atoms with Crippen molar-refractivity contribution in [3.05, 3.63) is 56.4 Å². The number of nitrogens with two attached hydrogens (primary N) is 1. The van der Waals surface area contributed by atoms with Gasteiger partial charge in [0.05, 0.1) is 0 Å². The minimum absolute atomic E-state index is 0.235. The maximum Gasteiger partial charge on any atom is 0.123 e. The van der Waals surface area contributed by atoms with Gasteiger partial charge in [-0.1, -0.05) is 19.1 Å². The zero-order chi connectivity index (χ0) is 13.2. The van der Waals surface area contributed by atoms with Crippen molar-refractivity contribution < 1.29 is 4.39 Å². The second-order valence-electron chi connectivity index (χ2n) is 4.39. The molecular formula is C14H15BrFNS. The average Bonchev–Trinajstić information content (AvgIpc) is 2.75. The van der Waals surface area contributed by atoms with Crippen molar-refractivity contribution in [2.75, 3.05) is 0 Å². The fourth-order valence-corrected chi connectivity index (χ4v) is 3.58. The van der Waals surface area contributed by atoms with Crippen LogP contribution in [-0.4, -0.2) is 0 Å². The molecule has 1 aromatic carbocycles. The summed E-state index contributed by atoms with van der Waals surface area (Å²) in [6.45, 7) is 2.03. The molecule has 0 aliphatic carbocycles. The molecule has 18 heavy (non-hydrogen) atoms. The second kappa shape index (κ2) is 5.51.